The van der Waals surface area contributed by atoms with E-state index in [1.54, 1.807) is 0 Å². The van der Waals surface area contributed by atoms with Crippen LogP contribution in [0.5, 0.6) is 0 Å². The number of hydrogen-bond acceptors (Lipinski definition) is 2. The van der Waals surface area contributed by atoms with Crippen LogP contribution in [0, 0.1) is 18.3 Å². The molecule has 0 spiro atoms. The number of anilines is 1. The van der Waals surface area contributed by atoms with Crippen LogP contribution in [0.2, 0.25) is 0 Å². The summed E-state index contributed by atoms with van der Waals surface area (Å²) in [5.74, 6) is 0.542. The van der Waals surface area contributed by atoms with Crippen LogP contribution < -0.4 is 10.6 Å². The van der Waals surface area contributed by atoms with Gasteiger partial charge < -0.3 is 10.6 Å². The molecule has 0 aliphatic carbocycles. The highest BCUT2D eigenvalue weighted by Gasteiger charge is 2.37. The lowest BCUT2D eigenvalue weighted by atomic mass is 9.74. The second-order valence-electron chi connectivity index (χ2n) is 6.68. The summed E-state index contributed by atoms with van der Waals surface area (Å²) >= 11 is 0. The Balaban J connectivity index is 2.17. The number of carbonyl (C=O) groups excluding carboxylic acids is 1. The van der Waals surface area contributed by atoms with Crippen molar-refractivity contribution in [3.05, 3.63) is 29.3 Å². The number of hydrogen-bond donors (Lipinski definition) is 2. The van der Waals surface area contributed by atoms with Crippen LogP contribution in [0.4, 0.5) is 5.69 Å². The summed E-state index contributed by atoms with van der Waals surface area (Å²) in [6.45, 7) is 10.3. The molecule has 1 atom stereocenters. The lowest BCUT2D eigenvalue weighted by Gasteiger charge is -2.36. The molecule has 1 aliphatic rings. The van der Waals surface area contributed by atoms with Gasteiger partial charge in [-0.1, -0.05) is 39.0 Å². The van der Waals surface area contributed by atoms with E-state index in [0.29, 0.717) is 5.92 Å². The van der Waals surface area contributed by atoms with Crippen LogP contribution in [0.1, 0.15) is 44.7 Å². The molecule has 1 heterocycles. The first-order valence-electron chi connectivity index (χ1n) is 8.07. The molecule has 1 saturated heterocycles. The van der Waals surface area contributed by atoms with E-state index >= 15 is 0 Å². The maximum absolute atomic E-state index is 12.8. The van der Waals surface area contributed by atoms with E-state index in [-0.39, 0.29) is 11.3 Å². The average molecular weight is 288 g/mol. The fourth-order valence-electron chi connectivity index (χ4n) is 3.13. The fourth-order valence-corrected chi connectivity index (χ4v) is 3.13. The summed E-state index contributed by atoms with van der Waals surface area (Å²) < 4.78 is 0. The molecule has 1 aliphatic heterocycles. The molecule has 1 fully saturated rings. The molecule has 1 unspecified atom stereocenters. The number of para-hydroxylation sites is 1. The average Bonchev–Trinajstić information content (AvgIpc) is 2.50. The van der Waals surface area contributed by atoms with Crippen molar-refractivity contribution in [2.75, 3.05) is 18.4 Å². The zero-order chi connectivity index (χ0) is 15.5. The summed E-state index contributed by atoms with van der Waals surface area (Å²) in [5, 5.41) is 6.61. The van der Waals surface area contributed by atoms with E-state index in [1.807, 2.05) is 0 Å². The highest BCUT2D eigenvalue weighted by atomic mass is 16.2. The molecule has 1 aromatic rings. The number of nitrogens with one attached hydrogen (secondary N) is 2. The van der Waals surface area contributed by atoms with Gasteiger partial charge in [0.1, 0.15) is 0 Å². The van der Waals surface area contributed by atoms with Gasteiger partial charge in [-0.2, -0.15) is 0 Å². The Hall–Kier alpha value is -1.35. The molecule has 0 radical (unpaired) electrons. The van der Waals surface area contributed by atoms with Gasteiger partial charge in [0.2, 0.25) is 5.91 Å². The van der Waals surface area contributed by atoms with Crippen molar-refractivity contribution in [3.8, 4) is 0 Å². The van der Waals surface area contributed by atoms with Gasteiger partial charge in [-0.3, -0.25) is 4.79 Å². The minimum absolute atomic E-state index is 0.139. The smallest absolute Gasteiger partial charge is 0.230 e. The Morgan fingerprint density at radius 1 is 1.43 bits per heavy atom. The van der Waals surface area contributed by atoms with Gasteiger partial charge in [-0.25, -0.2) is 0 Å². The van der Waals surface area contributed by atoms with Gasteiger partial charge in [0.05, 0.1) is 0 Å². The van der Waals surface area contributed by atoms with Gasteiger partial charge in [-0.15, -0.1) is 0 Å². The molecule has 2 rings (SSSR count). The Labute approximate surface area is 128 Å². The SMILES string of the molecule is CCc1cccc(C)c1NC(=O)C(C)(C)C1CCCNC1. The van der Waals surface area contributed by atoms with Crippen molar-refractivity contribution in [1.82, 2.24) is 5.32 Å². The van der Waals surface area contributed by atoms with Gasteiger partial charge >= 0.3 is 0 Å². The lowest BCUT2D eigenvalue weighted by molar-refractivity contribution is -0.127. The normalized spacial score (nSPS) is 19.3. The summed E-state index contributed by atoms with van der Waals surface area (Å²) in [4.78, 5) is 12.8. The first-order valence-corrected chi connectivity index (χ1v) is 8.07. The third-order valence-electron chi connectivity index (χ3n) is 4.88. The summed E-state index contributed by atoms with van der Waals surface area (Å²) in [6.07, 6.45) is 3.22. The van der Waals surface area contributed by atoms with E-state index in [0.717, 1.165) is 43.6 Å². The van der Waals surface area contributed by atoms with Gasteiger partial charge in [0, 0.05) is 11.1 Å². The predicted molar refractivity (Wildman–Crippen MR) is 88.6 cm³/mol. The molecule has 1 aromatic carbocycles. The molecule has 0 saturated carbocycles. The quantitative estimate of drug-likeness (QED) is 0.890. The molecule has 0 bridgehead atoms. The fraction of sp³-hybridized carbons (Fsp3) is 0.611. The van der Waals surface area contributed by atoms with E-state index in [9.17, 15) is 4.79 Å². The second-order valence-corrected chi connectivity index (χ2v) is 6.68. The van der Waals surface area contributed by atoms with Crippen molar-refractivity contribution in [2.45, 2.75) is 47.0 Å². The second kappa shape index (κ2) is 6.61. The minimum Gasteiger partial charge on any atom is -0.325 e. The lowest BCUT2D eigenvalue weighted by Crippen LogP contribution is -2.45. The summed E-state index contributed by atoms with van der Waals surface area (Å²) in [6, 6.07) is 6.21. The van der Waals surface area contributed by atoms with Crippen LogP contribution in [0.15, 0.2) is 18.2 Å². The largest absolute Gasteiger partial charge is 0.325 e. The highest BCUT2D eigenvalue weighted by Crippen LogP contribution is 2.34. The van der Waals surface area contributed by atoms with Crippen LogP contribution in [-0.2, 0) is 11.2 Å². The maximum atomic E-state index is 12.8. The highest BCUT2D eigenvalue weighted by molar-refractivity contribution is 5.96. The number of piperidine rings is 1. The summed E-state index contributed by atoms with van der Waals surface area (Å²) in [5.41, 5.74) is 3.00. The van der Waals surface area contributed by atoms with Gasteiger partial charge in [-0.05, 0) is 56.3 Å². The molecular formula is C18H28N2O. The Kier molecular flexibility index (Phi) is 5.04. The van der Waals surface area contributed by atoms with Crippen molar-refractivity contribution in [3.63, 3.8) is 0 Å². The summed E-state index contributed by atoms with van der Waals surface area (Å²) in [7, 11) is 0. The van der Waals surface area contributed by atoms with Crippen LogP contribution in [0.25, 0.3) is 0 Å². The molecule has 3 nitrogen and oxygen atoms in total. The minimum atomic E-state index is -0.347. The molecule has 21 heavy (non-hydrogen) atoms. The van der Waals surface area contributed by atoms with Crippen LogP contribution >= 0.6 is 0 Å². The van der Waals surface area contributed by atoms with E-state index < -0.39 is 0 Å². The van der Waals surface area contributed by atoms with Gasteiger partial charge in [0.25, 0.3) is 0 Å². The van der Waals surface area contributed by atoms with Crippen LogP contribution in [0.3, 0.4) is 0 Å². The molecule has 1 amide bonds. The number of benzene rings is 1. The Bertz CT molecular complexity index is 502. The van der Waals surface area contributed by atoms with Crippen molar-refractivity contribution >= 4 is 11.6 Å². The topological polar surface area (TPSA) is 41.1 Å². The first kappa shape index (κ1) is 16.0. The molecule has 116 valence electrons. The first-order chi connectivity index (χ1) is 9.96. The monoisotopic (exact) mass is 288 g/mol. The number of carbonyl (C=O) groups is 1. The number of amides is 1. The molecule has 2 N–H and O–H groups in total. The molecular weight excluding hydrogens is 260 g/mol. The van der Waals surface area contributed by atoms with Gasteiger partial charge in [0.15, 0.2) is 0 Å². The van der Waals surface area contributed by atoms with Crippen molar-refractivity contribution in [2.24, 2.45) is 11.3 Å². The third-order valence-corrected chi connectivity index (χ3v) is 4.88. The Morgan fingerprint density at radius 3 is 2.81 bits per heavy atom. The standard InChI is InChI=1S/C18H28N2O/c1-5-14-9-6-8-13(2)16(14)20-17(21)18(3,4)15-10-7-11-19-12-15/h6,8-9,15,19H,5,7,10-12H2,1-4H3,(H,20,21). The number of rotatable bonds is 4. The Morgan fingerprint density at radius 2 is 2.19 bits per heavy atom. The van der Waals surface area contributed by atoms with E-state index in [1.165, 1.54) is 5.56 Å². The third kappa shape index (κ3) is 3.46. The van der Waals surface area contributed by atoms with Crippen molar-refractivity contribution in [1.29, 1.82) is 0 Å². The molecule has 0 aromatic heterocycles. The molecule has 3 heteroatoms. The maximum Gasteiger partial charge on any atom is 0.230 e. The zero-order valence-corrected chi connectivity index (χ0v) is 13.8. The zero-order valence-electron chi connectivity index (χ0n) is 13.8. The number of aryl methyl sites for hydroxylation is 2. The predicted octanol–water partition coefficient (Wildman–Crippen LogP) is 3.52. The van der Waals surface area contributed by atoms with E-state index in [2.05, 4.69) is 56.5 Å². The van der Waals surface area contributed by atoms with Crippen LogP contribution in [-0.4, -0.2) is 19.0 Å². The van der Waals surface area contributed by atoms with Crippen molar-refractivity contribution < 1.29 is 4.79 Å². The van der Waals surface area contributed by atoms with E-state index in [4.69, 9.17) is 0 Å².